The molecule has 0 saturated heterocycles. The number of nitrogens with one attached hydrogen (secondary N) is 1. The summed E-state index contributed by atoms with van der Waals surface area (Å²) in [5, 5.41) is 21.6. The molecule has 2 aromatic carbocycles. The Morgan fingerprint density at radius 2 is 1.97 bits per heavy atom. The highest BCUT2D eigenvalue weighted by Gasteiger charge is 2.56. The molecule has 0 aliphatic heterocycles. The monoisotopic (exact) mass is 534 g/mol. The van der Waals surface area contributed by atoms with Gasteiger partial charge in [-0.05, 0) is 91.5 Å². The van der Waals surface area contributed by atoms with Crippen molar-refractivity contribution in [2.75, 3.05) is 0 Å². The molecule has 0 radical (unpaired) electrons. The zero-order valence-corrected chi connectivity index (χ0v) is 20.7. The van der Waals surface area contributed by atoms with Crippen LogP contribution in [0.1, 0.15) is 56.1 Å². The molecule has 2 N–H and O–H groups in total. The van der Waals surface area contributed by atoms with E-state index in [9.17, 15) is 23.6 Å². The normalized spacial score (nSPS) is 30.8. The van der Waals surface area contributed by atoms with Gasteiger partial charge in [0.15, 0.2) is 5.75 Å². The molecule has 2 saturated carbocycles. The van der Waals surface area contributed by atoms with Gasteiger partial charge in [-0.2, -0.15) is 0 Å². The molecule has 3 aliphatic rings. The van der Waals surface area contributed by atoms with E-state index in [0.717, 1.165) is 42.1 Å². The molecule has 0 unspecified atom stereocenters. The Kier molecular flexibility index (Phi) is 5.57. The summed E-state index contributed by atoms with van der Waals surface area (Å²) in [6, 6.07) is 9.93. The summed E-state index contributed by atoms with van der Waals surface area (Å²) in [4.78, 5) is 11.4. The maximum atomic E-state index is 13.1. The minimum Gasteiger partial charge on any atom is -0.502 e. The molecular formula is C24H27BrN2O5S. The molecule has 3 aliphatic carbocycles. The van der Waals surface area contributed by atoms with E-state index in [1.807, 2.05) is 6.07 Å². The first-order valence-corrected chi connectivity index (χ1v) is 13.7. The number of sulfonamides is 1. The Hall–Kier alpha value is -1.97. The van der Waals surface area contributed by atoms with Gasteiger partial charge in [-0.25, -0.2) is 13.1 Å². The third-order valence-electron chi connectivity index (χ3n) is 8.45. The smallest absolute Gasteiger partial charge is 0.314 e. The van der Waals surface area contributed by atoms with Crippen molar-refractivity contribution in [3.63, 3.8) is 0 Å². The molecule has 0 amide bonds. The lowest BCUT2D eigenvalue weighted by atomic mass is 9.55. The summed E-state index contributed by atoms with van der Waals surface area (Å²) < 4.78 is 30.0. The van der Waals surface area contributed by atoms with E-state index < -0.39 is 14.9 Å². The Labute approximate surface area is 201 Å². The lowest BCUT2D eigenvalue weighted by Crippen LogP contribution is -2.50. The van der Waals surface area contributed by atoms with Gasteiger partial charge in [0.25, 0.3) is 0 Å². The second kappa shape index (κ2) is 8.06. The van der Waals surface area contributed by atoms with E-state index in [4.69, 9.17) is 0 Å². The Bertz CT molecular complexity index is 1230. The van der Waals surface area contributed by atoms with E-state index in [2.05, 4.69) is 27.6 Å². The number of nitrogens with zero attached hydrogens (tertiary/aromatic N) is 1. The van der Waals surface area contributed by atoms with E-state index in [1.165, 1.54) is 6.07 Å². The Morgan fingerprint density at radius 1 is 1.18 bits per heavy atom. The molecule has 176 valence electrons. The van der Waals surface area contributed by atoms with Crippen LogP contribution in [0.2, 0.25) is 0 Å². The van der Waals surface area contributed by atoms with Crippen molar-refractivity contribution in [3.05, 3.63) is 62.1 Å². The van der Waals surface area contributed by atoms with Crippen molar-refractivity contribution in [1.82, 2.24) is 4.72 Å². The second-order valence-corrected chi connectivity index (χ2v) is 12.6. The van der Waals surface area contributed by atoms with Gasteiger partial charge in [0.05, 0.1) is 9.82 Å². The zero-order valence-electron chi connectivity index (χ0n) is 18.3. The van der Waals surface area contributed by atoms with Crippen LogP contribution in [0.3, 0.4) is 0 Å². The molecular weight excluding hydrogens is 508 g/mol. The van der Waals surface area contributed by atoms with E-state index >= 15 is 0 Å². The van der Waals surface area contributed by atoms with Crippen LogP contribution >= 0.6 is 15.9 Å². The summed E-state index contributed by atoms with van der Waals surface area (Å²) in [6.45, 7) is 2.21. The molecule has 5 rings (SSSR count). The molecule has 33 heavy (non-hydrogen) atoms. The fourth-order valence-corrected chi connectivity index (χ4v) is 8.91. The first kappa shape index (κ1) is 22.8. The number of halogens is 1. The van der Waals surface area contributed by atoms with Crippen LogP contribution in [0.15, 0.2) is 45.8 Å². The summed E-state index contributed by atoms with van der Waals surface area (Å²) >= 11 is 3.35. The van der Waals surface area contributed by atoms with Gasteiger partial charge in [0, 0.05) is 16.1 Å². The predicted octanol–water partition coefficient (Wildman–Crippen LogP) is 5.27. The first-order chi connectivity index (χ1) is 15.6. The third-order valence-corrected chi connectivity index (χ3v) is 10.4. The highest BCUT2D eigenvalue weighted by Crippen LogP contribution is 2.61. The van der Waals surface area contributed by atoms with Gasteiger partial charge in [-0.1, -0.05) is 35.0 Å². The minimum absolute atomic E-state index is 0.136. The van der Waals surface area contributed by atoms with Gasteiger partial charge in [-0.3, -0.25) is 10.1 Å². The zero-order chi connectivity index (χ0) is 23.5. The van der Waals surface area contributed by atoms with Crippen LogP contribution in [0, 0.1) is 27.4 Å². The number of fused-ring (bicyclic) bond motifs is 5. The topological polar surface area (TPSA) is 110 Å². The van der Waals surface area contributed by atoms with Gasteiger partial charge in [0.1, 0.15) is 0 Å². The molecule has 0 aromatic heterocycles. The summed E-state index contributed by atoms with van der Waals surface area (Å²) in [6.07, 6.45) is 4.86. The van der Waals surface area contributed by atoms with Crippen molar-refractivity contribution in [2.45, 2.75) is 62.3 Å². The lowest BCUT2D eigenvalue weighted by molar-refractivity contribution is -0.386. The molecule has 5 atom stereocenters. The van der Waals surface area contributed by atoms with Crippen molar-refractivity contribution < 1.29 is 18.4 Å². The molecule has 9 heteroatoms. The fourth-order valence-electron chi connectivity index (χ4n) is 6.92. The molecule has 0 heterocycles. The number of aromatic hydroxyl groups is 1. The van der Waals surface area contributed by atoms with E-state index in [1.54, 1.807) is 24.3 Å². The summed E-state index contributed by atoms with van der Waals surface area (Å²) in [5.41, 5.74) is 1.37. The Morgan fingerprint density at radius 3 is 2.70 bits per heavy atom. The molecule has 7 nitrogen and oxygen atoms in total. The second-order valence-electron chi connectivity index (χ2n) is 9.93. The standard InChI is InChI=1S/C24H27BrN2O5S/c1-24-12-11-17-16-7-9-21(28)23(27(29)30)19(16)6-5-18(17)20(24)8-10-22(24)26-33(31,32)15-4-2-3-14(25)13-15/h2-4,7,9,13,17-18,20,22,26,28H,5-6,8,10-12H2,1H3/t17-,18-,20+,22+,24+/m1/s1. The van der Waals surface area contributed by atoms with E-state index in [0.29, 0.717) is 23.8 Å². The number of hydrogen-bond acceptors (Lipinski definition) is 5. The summed E-state index contributed by atoms with van der Waals surface area (Å²) in [5.74, 6) is 0.667. The molecule has 0 bridgehead atoms. The highest BCUT2D eigenvalue weighted by molar-refractivity contribution is 9.10. The SMILES string of the molecule is C[C@]12CC[C@@H]3c4ccc(O)c([N+](=O)[O-])c4CC[C@H]3[C@@H]1CC[C@@H]2NS(=O)(=O)c1cccc(Br)c1. The molecule has 2 fully saturated rings. The quantitative estimate of drug-likeness (QED) is 0.410. The first-order valence-electron chi connectivity index (χ1n) is 11.4. The van der Waals surface area contributed by atoms with Crippen LogP contribution in [-0.4, -0.2) is 24.5 Å². The molecule has 2 aromatic rings. The van der Waals surface area contributed by atoms with Crippen LogP contribution in [0.25, 0.3) is 0 Å². The maximum absolute atomic E-state index is 13.1. The number of rotatable bonds is 4. The number of hydrogen-bond donors (Lipinski definition) is 2. The van der Waals surface area contributed by atoms with Gasteiger partial charge in [-0.15, -0.1) is 0 Å². The minimum atomic E-state index is -3.64. The number of phenolic OH excluding ortho intramolecular Hbond substituents is 1. The largest absolute Gasteiger partial charge is 0.502 e. The Balaban J connectivity index is 1.42. The number of nitro groups is 1. The van der Waals surface area contributed by atoms with Gasteiger partial charge < -0.3 is 5.11 Å². The summed E-state index contributed by atoms with van der Waals surface area (Å²) in [7, 11) is -3.64. The average Bonchev–Trinajstić information content (AvgIpc) is 3.08. The van der Waals surface area contributed by atoms with Crippen LogP contribution in [0.5, 0.6) is 5.75 Å². The van der Waals surface area contributed by atoms with E-state index in [-0.39, 0.29) is 33.7 Å². The highest BCUT2D eigenvalue weighted by atomic mass is 79.9. The predicted molar refractivity (Wildman–Crippen MR) is 128 cm³/mol. The average molecular weight is 535 g/mol. The van der Waals surface area contributed by atoms with Crippen molar-refractivity contribution >= 4 is 31.6 Å². The van der Waals surface area contributed by atoms with Gasteiger partial charge >= 0.3 is 5.69 Å². The number of benzene rings is 2. The van der Waals surface area contributed by atoms with Crippen LogP contribution < -0.4 is 4.72 Å². The van der Waals surface area contributed by atoms with Crippen molar-refractivity contribution in [3.8, 4) is 5.75 Å². The third kappa shape index (κ3) is 3.68. The van der Waals surface area contributed by atoms with Crippen LogP contribution in [0.4, 0.5) is 5.69 Å². The number of phenols is 1. The van der Waals surface area contributed by atoms with Crippen LogP contribution in [-0.2, 0) is 16.4 Å². The maximum Gasteiger partial charge on any atom is 0.314 e. The van der Waals surface area contributed by atoms with Crippen molar-refractivity contribution in [2.24, 2.45) is 17.3 Å². The van der Waals surface area contributed by atoms with Crippen molar-refractivity contribution in [1.29, 1.82) is 0 Å². The van der Waals surface area contributed by atoms with Gasteiger partial charge in [0.2, 0.25) is 10.0 Å². The lowest BCUT2D eigenvalue weighted by Gasteiger charge is -2.50. The molecule has 0 spiro atoms. The number of nitro benzene ring substituents is 1. The fraction of sp³-hybridized carbons (Fsp3) is 0.500.